The second-order valence-electron chi connectivity index (χ2n) is 3.47. The molecule has 1 aromatic rings. The van der Waals surface area contributed by atoms with Gasteiger partial charge in [0.25, 0.3) is 5.78 Å². The first-order valence-electron chi connectivity index (χ1n) is 4.95. The van der Waals surface area contributed by atoms with E-state index < -0.39 is 17.6 Å². The first kappa shape index (κ1) is 12.4. The summed E-state index contributed by atoms with van der Waals surface area (Å²) in [6.07, 6.45) is 0. The number of hydrogen-bond donors (Lipinski definition) is 0. The maximum atomic E-state index is 13.1. The first-order valence-corrected chi connectivity index (χ1v) is 4.95. The van der Waals surface area contributed by atoms with Gasteiger partial charge in [0.1, 0.15) is 5.82 Å². The van der Waals surface area contributed by atoms with Crippen molar-refractivity contribution in [3.63, 3.8) is 0 Å². The largest absolute Gasteiger partial charge is 0.460 e. The number of carbonyl (C=O) groups is 2. The molecule has 3 nitrogen and oxygen atoms in total. The molecule has 16 heavy (non-hydrogen) atoms. The lowest BCUT2D eigenvalue weighted by atomic mass is 10.0. The van der Waals surface area contributed by atoms with Crippen LogP contribution < -0.4 is 0 Å². The van der Waals surface area contributed by atoms with Gasteiger partial charge in [-0.25, -0.2) is 9.18 Å². The van der Waals surface area contributed by atoms with Crippen molar-refractivity contribution in [2.24, 2.45) is 0 Å². The summed E-state index contributed by atoms with van der Waals surface area (Å²) in [4.78, 5) is 22.8. The Kier molecular flexibility index (Phi) is 3.77. The Labute approximate surface area is 93.2 Å². The Morgan fingerprint density at radius 3 is 2.44 bits per heavy atom. The van der Waals surface area contributed by atoms with Crippen LogP contribution in [0.3, 0.4) is 0 Å². The van der Waals surface area contributed by atoms with Crippen LogP contribution in [0.4, 0.5) is 4.39 Å². The number of aryl methyl sites for hydroxylation is 2. The monoisotopic (exact) mass is 224 g/mol. The van der Waals surface area contributed by atoms with Crippen molar-refractivity contribution in [1.82, 2.24) is 0 Å². The van der Waals surface area contributed by atoms with Crippen molar-refractivity contribution in [2.45, 2.75) is 20.8 Å². The predicted octanol–water partition coefficient (Wildman–Crippen LogP) is 2.19. The topological polar surface area (TPSA) is 43.4 Å². The summed E-state index contributed by atoms with van der Waals surface area (Å²) >= 11 is 0. The molecule has 4 heteroatoms. The van der Waals surface area contributed by atoms with E-state index in [2.05, 4.69) is 4.74 Å². The van der Waals surface area contributed by atoms with E-state index in [-0.39, 0.29) is 12.2 Å². The molecule has 0 unspecified atom stereocenters. The van der Waals surface area contributed by atoms with Crippen LogP contribution >= 0.6 is 0 Å². The standard InChI is InChI=1S/C12H13FO3/c1-4-16-12(15)11(14)9-5-8(3)10(13)6-7(9)2/h5-6H,4H2,1-3H3. The summed E-state index contributed by atoms with van der Waals surface area (Å²) in [5.74, 6) is -2.03. The zero-order valence-corrected chi connectivity index (χ0v) is 9.46. The highest BCUT2D eigenvalue weighted by Gasteiger charge is 2.20. The van der Waals surface area contributed by atoms with E-state index in [1.807, 2.05) is 0 Å². The van der Waals surface area contributed by atoms with Crippen molar-refractivity contribution in [3.8, 4) is 0 Å². The van der Waals surface area contributed by atoms with E-state index in [1.165, 1.54) is 19.1 Å². The second-order valence-corrected chi connectivity index (χ2v) is 3.47. The Morgan fingerprint density at radius 2 is 1.88 bits per heavy atom. The van der Waals surface area contributed by atoms with Gasteiger partial charge in [-0.2, -0.15) is 0 Å². The van der Waals surface area contributed by atoms with E-state index >= 15 is 0 Å². The Morgan fingerprint density at radius 1 is 1.25 bits per heavy atom. The molecule has 0 aliphatic heterocycles. The molecule has 86 valence electrons. The molecule has 0 saturated heterocycles. The third-order valence-corrected chi connectivity index (χ3v) is 2.21. The van der Waals surface area contributed by atoms with Crippen LogP contribution in [0.5, 0.6) is 0 Å². The maximum Gasteiger partial charge on any atom is 0.379 e. The molecule has 0 aliphatic carbocycles. The number of rotatable bonds is 3. The summed E-state index contributed by atoms with van der Waals surface area (Å²) < 4.78 is 17.7. The fraction of sp³-hybridized carbons (Fsp3) is 0.333. The van der Waals surface area contributed by atoms with Gasteiger partial charge in [-0.15, -0.1) is 0 Å². The lowest BCUT2D eigenvalue weighted by Crippen LogP contribution is -2.18. The number of ketones is 1. The average Bonchev–Trinajstić information content (AvgIpc) is 2.23. The summed E-state index contributed by atoms with van der Waals surface area (Å²) in [5, 5.41) is 0. The molecule has 0 amide bonds. The second kappa shape index (κ2) is 4.88. The van der Waals surface area contributed by atoms with Crippen molar-refractivity contribution < 1.29 is 18.7 Å². The lowest BCUT2D eigenvalue weighted by molar-refractivity contribution is -0.137. The van der Waals surface area contributed by atoms with Crippen LogP contribution in [0, 0.1) is 19.7 Å². The fourth-order valence-electron chi connectivity index (χ4n) is 1.33. The molecule has 0 bridgehead atoms. The molecule has 0 saturated carbocycles. The quantitative estimate of drug-likeness (QED) is 0.449. The zero-order chi connectivity index (χ0) is 12.3. The number of carbonyl (C=O) groups excluding carboxylic acids is 2. The van der Waals surface area contributed by atoms with Crippen LogP contribution in [0.2, 0.25) is 0 Å². The zero-order valence-electron chi connectivity index (χ0n) is 9.46. The molecule has 0 N–H and O–H groups in total. The number of Topliss-reactive ketones (excluding diaryl/α,β-unsaturated/α-hetero) is 1. The van der Waals surface area contributed by atoms with Crippen LogP contribution in [-0.4, -0.2) is 18.4 Å². The van der Waals surface area contributed by atoms with E-state index in [0.29, 0.717) is 11.1 Å². The van der Waals surface area contributed by atoms with E-state index in [9.17, 15) is 14.0 Å². The number of halogens is 1. The van der Waals surface area contributed by atoms with Crippen molar-refractivity contribution in [3.05, 3.63) is 34.6 Å². The Bertz CT molecular complexity index is 438. The number of esters is 1. The van der Waals surface area contributed by atoms with Crippen LogP contribution in [0.25, 0.3) is 0 Å². The molecule has 1 rings (SSSR count). The first-order chi connectivity index (χ1) is 7.47. The van der Waals surface area contributed by atoms with Crippen LogP contribution in [0.1, 0.15) is 28.4 Å². The van der Waals surface area contributed by atoms with Gasteiger partial charge in [0.05, 0.1) is 6.61 Å². The number of benzene rings is 1. The molecule has 0 radical (unpaired) electrons. The van der Waals surface area contributed by atoms with Gasteiger partial charge < -0.3 is 4.74 Å². The van der Waals surface area contributed by atoms with Gasteiger partial charge >= 0.3 is 5.97 Å². The van der Waals surface area contributed by atoms with Crippen molar-refractivity contribution in [2.75, 3.05) is 6.61 Å². The molecular weight excluding hydrogens is 211 g/mol. The Hall–Kier alpha value is -1.71. The molecule has 0 atom stereocenters. The fourth-order valence-corrected chi connectivity index (χ4v) is 1.33. The van der Waals surface area contributed by atoms with E-state index in [4.69, 9.17) is 0 Å². The van der Waals surface area contributed by atoms with E-state index in [0.717, 1.165) is 0 Å². The van der Waals surface area contributed by atoms with Crippen LogP contribution in [-0.2, 0) is 9.53 Å². The van der Waals surface area contributed by atoms with Crippen molar-refractivity contribution >= 4 is 11.8 Å². The molecular formula is C12H13FO3. The summed E-state index contributed by atoms with van der Waals surface area (Å²) in [6, 6.07) is 2.60. The normalized spacial score (nSPS) is 10.0. The smallest absolute Gasteiger partial charge is 0.379 e. The highest BCUT2D eigenvalue weighted by atomic mass is 19.1. The maximum absolute atomic E-state index is 13.1. The molecule has 0 heterocycles. The minimum Gasteiger partial charge on any atom is -0.460 e. The summed E-state index contributed by atoms with van der Waals surface area (Å²) in [5.41, 5.74) is 0.955. The van der Waals surface area contributed by atoms with E-state index in [1.54, 1.807) is 13.8 Å². The third-order valence-electron chi connectivity index (χ3n) is 2.21. The van der Waals surface area contributed by atoms with Crippen molar-refractivity contribution in [1.29, 1.82) is 0 Å². The highest BCUT2D eigenvalue weighted by molar-refractivity contribution is 6.41. The average molecular weight is 224 g/mol. The molecule has 0 spiro atoms. The van der Waals surface area contributed by atoms with Gasteiger partial charge in [-0.1, -0.05) is 0 Å². The molecule has 0 aromatic heterocycles. The lowest BCUT2D eigenvalue weighted by Gasteiger charge is -2.06. The highest BCUT2D eigenvalue weighted by Crippen LogP contribution is 2.15. The molecule has 0 aliphatic rings. The van der Waals surface area contributed by atoms with Gasteiger partial charge in [-0.3, -0.25) is 4.79 Å². The summed E-state index contributed by atoms with van der Waals surface area (Å²) in [6.45, 7) is 4.88. The van der Waals surface area contributed by atoms with Gasteiger partial charge in [0, 0.05) is 5.56 Å². The SMILES string of the molecule is CCOC(=O)C(=O)c1cc(C)c(F)cc1C. The van der Waals surface area contributed by atoms with Gasteiger partial charge in [-0.05, 0) is 44.0 Å². The summed E-state index contributed by atoms with van der Waals surface area (Å²) in [7, 11) is 0. The minimum absolute atomic E-state index is 0.143. The number of ether oxygens (including phenoxy) is 1. The molecule has 1 aromatic carbocycles. The van der Waals surface area contributed by atoms with Gasteiger partial charge in [0.15, 0.2) is 0 Å². The number of hydrogen-bond acceptors (Lipinski definition) is 3. The Balaban J connectivity index is 3.09. The predicted molar refractivity (Wildman–Crippen MR) is 56.8 cm³/mol. The van der Waals surface area contributed by atoms with Crippen LogP contribution in [0.15, 0.2) is 12.1 Å². The minimum atomic E-state index is -0.906. The molecule has 0 fully saturated rings. The van der Waals surface area contributed by atoms with Gasteiger partial charge in [0.2, 0.25) is 0 Å². The third kappa shape index (κ3) is 2.45.